The molecule has 1 aliphatic rings. The van der Waals surface area contributed by atoms with Gasteiger partial charge >= 0.3 is 5.97 Å². The van der Waals surface area contributed by atoms with Crippen LogP contribution in [-0.4, -0.2) is 31.1 Å². The molecule has 0 unspecified atom stereocenters. The SMILES string of the molecule is COC(=O)CN1C(=O)C(C)(C)Oc2c(C(C)C)cccc21. The van der Waals surface area contributed by atoms with Crippen molar-refractivity contribution in [1.82, 2.24) is 0 Å². The highest BCUT2D eigenvalue weighted by Crippen LogP contribution is 2.42. The molecule has 1 heterocycles. The Morgan fingerprint density at radius 1 is 1.38 bits per heavy atom. The molecule has 1 aliphatic heterocycles. The number of rotatable bonds is 3. The van der Waals surface area contributed by atoms with Gasteiger partial charge < -0.3 is 9.47 Å². The van der Waals surface area contributed by atoms with Crippen LogP contribution in [-0.2, 0) is 14.3 Å². The van der Waals surface area contributed by atoms with Crippen LogP contribution in [0.4, 0.5) is 5.69 Å². The number of anilines is 1. The van der Waals surface area contributed by atoms with Gasteiger partial charge in [0.05, 0.1) is 12.8 Å². The normalized spacial score (nSPS) is 16.5. The number of hydrogen-bond acceptors (Lipinski definition) is 4. The number of methoxy groups -OCH3 is 1. The van der Waals surface area contributed by atoms with E-state index < -0.39 is 11.6 Å². The highest BCUT2D eigenvalue weighted by molar-refractivity contribution is 6.05. The summed E-state index contributed by atoms with van der Waals surface area (Å²) in [6, 6.07) is 5.64. The lowest BCUT2D eigenvalue weighted by Gasteiger charge is -2.39. The van der Waals surface area contributed by atoms with Crippen LogP contribution in [0.3, 0.4) is 0 Å². The van der Waals surface area contributed by atoms with Crippen LogP contribution < -0.4 is 9.64 Å². The third-order valence-electron chi connectivity index (χ3n) is 3.57. The molecule has 2 rings (SSSR count). The summed E-state index contributed by atoms with van der Waals surface area (Å²) in [4.78, 5) is 25.6. The van der Waals surface area contributed by atoms with Gasteiger partial charge in [-0.2, -0.15) is 0 Å². The Morgan fingerprint density at radius 2 is 2.05 bits per heavy atom. The number of hydrogen-bond donors (Lipinski definition) is 0. The van der Waals surface area contributed by atoms with E-state index in [0.29, 0.717) is 11.4 Å². The number of ether oxygens (including phenoxy) is 2. The van der Waals surface area contributed by atoms with Crippen molar-refractivity contribution in [2.45, 2.75) is 39.2 Å². The number of esters is 1. The molecule has 114 valence electrons. The number of carbonyl (C=O) groups excluding carboxylic acids is 2. The summed E-state index contributed by atoms with van der Waals surface area (Å²) in [5.41, 5.74) is 0.630. The number of nitrogens with zero attached hydrogens (tertiary/aromatic N) is 1. The number of benzene rings is 1. The maximum Gasteiger partial charge on any atom is 0.325 e. The number of amides is 1. The summed E-state index contributed by atoms with van der Waals surface area (Å²) in [7, 11) is 1.31. The van der Waals surface area contributed by atoms with Crippen LogP contribution in [0.15, 0.2) is 18.2 Å². The quantitative estimate of drug-likeness (QED) is 0.803. The predicted molar refractivity (Wildman–Crippen MR) is 79.6 cm³/mol. The highest BCUT2D eigenvalue weighted by atomic mass is 16.5. The number of para-hydroxylation sites is 1. The van der Waals surface area contributed by atoms with Gasteiger partial charge in [-0.3, -0.25) is 14.5 Å². The van der Waals surface area contributed by atoms with Crippen molar-refractivity contribution < 1.29 is 19.1 Å². The third kappa shape index (κ3) is 2.73. The van der Waals surface area contributed by atoms with Crippen LogP contribution in [0.5, 0.6) is 5.75 Å². The molecule has 0 saturated heterocycles. The Bertz CT molecular complexity index is 578. The zero-order chi connectivity index (χ0) is 15.8. The summed E-state index contributed by atoms with van der Waals surface area (Å²) in [6.45, 7) is 7.43. The van der Waals surface area contributed by atoms with Crippen molar-refractivity contribution in [3.8, 4) is 5.75 Å². The first-order valence-corrected chi connectivity index (χ1v) is 6.98. The van der Waals surface area contributed by atoms with Gasteiger partial charge in [-0.25, -0.2) is 0 Å². The van der Waals surface area contributed by atoms with E-state index in [0.717, 1.165) is 5.56 Å². The van der Waals surface area contributed by atoms with E-state index in [1.807, 2.05) is 12.1 Å². The molecule has 0 radical (unpaired) electrons. The Balaban J connectivity index is 2.55. The van der Waals surface area contributed by atoms with Crippen LogP contribution in [0.2, 0.25) is 0 Å². The molecule has 5 nitrogen and oxygen atoms in total. The van der Waals surface area contributed by atoms with Crippen molar-refractivity contribution >= 4 is 17.6 Å². The molecule has 0 bridgehead atoms. The molecule has 0 aromatic heterocycles. The molecular weight excluding hydrogens is 270 g/mol. The minimum absolute atomic E-state index is 0.114. The second-order valence-electron chi connectivity index (χ2n) is 5.93. The summed E-state index contributed by atoms with van der Waals surface area (Å²) < 4.78 is 10.6. The van der Waals surface area contributed by atoms with Crippen LogP contribution in [0.1, 0.15) is 39.2 Å². The van der Waals surface area contributed by atoms with Crippen molar-refractivity contribution in [1.29, 1.82) is 0 Å². The van der Waals surface area contributed by atoms with Crippen LogP contribution in [0, 0.1) is 0 Å². The molecular formula is C16H21NO4. The largest absolute Gasteiger partial charge is 0.476 e. The van der Waals surface area contributed by atoms with Gasteiger partial charge in [0, 0.05) is 0 Å². The highest BCUT2D eigenvalue weighted by Gasteiger charge is 2.42. The molecule has 0 spiro atoms. The molecule has 0 saturated carbocycles. The van der Waals surface area contributed by atoms with E-state index in [4.69, 9.17) is 4.74 Å². The molecule has 21 heavy (non-hydrogen) atoms. The molecule has 0 atom stereocenters. The monoisotopic (exact) mass is 291 g/mol. The van der Waals surface area contributed by atoms with Gasteiger partial charge in [-0.1, -0.05) is 26.0 Å². The number of fused-ring (bicyclic) bond motifs is 1. The molecule has 0 aliphatic carbocycles. The summed E-state index contributed by atoms with van der Waals surface area (Å²) in [5, 5.41) is 0. The Hall–Kier alpha value is -2.04. The summed E-state index contributed by atoms with van der Waals surface area (Å²) in [5.74, 6) is 0.216. The summed E-state index contributed by atoms with van der Waals surface area (Å²) >= 11 is 0. The van der Waals surface area contributed by atoms with Gasteiger partial charge in [0.25, 0.3) is 5.91 Å². The van der Waals surface area contributed by atoms with Crippen molar-refractivity contribution in [3.63, 3.8) is 0 Å². The van der Waals surface area contributed by atoms with Crippen molar-refractivity contribution in [2.75, 3.05) is 18.6 Å². The van der Waals surface area contributed by atoms with Gasteiger partial charge in [-0.05, 0) is 31.4 Å². The average Bonchev–Trinajstić information content (AvgIpc) is 2.42. The van der Waals surface area contributed by atoms with E-state index in [-0.39, 0.29) is 18.4 Å². The lowest BCUT2D eigenvalue weighted by Crippen LogP contribution is -2.54. The zero-order valence-electron chi connectivity index (χ0n) is 13.1. The third-order valence-corrected chi connectivity index (χ3v) is 3.57. The molecule has 0 N–H and O–H groups in total. The van der Waals surface area contributed by atoms with E-state index >= 15 is 0 Å². The van der Waals surface area contributed by atoms with E-state index in [9.17, 15) is 9.59 Å². The molecule has 1 amide bonds. The lowest BCUT2D eigenvalue weighted by atomic mass is 9.97. The minimum Gasteiger partial charge on any atom is -0.476 e. The fraction of sp³-hybridized carbons (Fsp3) is 0.500. The fourth-order valence-corrected chi connectivity index (χ4v) is 2.40. The lowest BCUT2D eigenvalue weighted by molar-refractivity contribution is -0.142. The second-order valence-corrected chi connectivity index (χ2v) is 5.93. The zero-order valence-corrected chi connectivity index (χ0v) is 13.1. The average molecular weight is 291 g/mol. The first-order chi connectivity index (χ1) is 9.77. The van der Waals surface area contributed by atoms with E-state index in [2.05, 4.69) is 18.6 Å². The van der Waals surface area contributed by atoms with Gasteiger partial charge in [0.15, 0.2) is 5.60 Å². The predicted octanol–water partition coefficient (Wildman–Crippen LogP) is 2.49. The topological polar surface area (TPSA) is 55.8 Å². The second kappa shape index (κ2) is 5.39. The molecule has 1 aromatic rings. The van der Waals surface area contributed by atoms with Crippen LogP contribution >= 0.6 is 0 Å². The fourth-order valence-electron chi connectivity index (χ4n) is 2.40. The first kappa shape index (κ1) is 15.4. The van der Waals surface area contributed by atoms with Crippen molar-refractivity contribution in [2.24, 2.45) is 0 Å². The molecule has 1 aromatic carbocycles. The maximum atomic E-state index is 12.5. The summed E-state index contributed by atoms with van der Waals surface area (Å²) in [6.07, 6.45) is 0. The van der Waals surface area contributed by atoms with E-state index in [1.54, 1.807) is 19.9 Å². The smallest absolute Gasteiger partial charge is 0.325 e. The minimum atomic E-state index is -1.01. The van der Waals surface area contributed by atoms with Crippen LogP contribution in [0.25, 0.3) is 0 Å². The standard InChI is InChI=1S/C16H21NO4/c1-10(2)11-7-6-8-12-14(11)21-16(3,4)15(19)17(12)9-13(18)20-5/h6-8,10H,9H2,1-5H3. The first-order valence-electron chi connectivity index (χ1n) is 6.98. The van der Waals surface area contributed by atoms with Gasteiger partial charge in [-0.15, -0.1) is 0 Å². The van der Waals surface area contributed by atoms with Gasteiger partial charge in [0.1, 0.15) is 12.3 Å². The number of carbonyl (C=O) groups is 2. The van der Waals surface area contributed by atoms with Crippen molar-refractivity contribution in [3.05, 3.63) is 23.8 Å². The Labute approximate surface area is 124 Å². The molecule has 0 fully saturated rings. The maximum absolute atomic E-state index is 12.5. The molecule has 5 heteroatoms. The van der Waals surface area contributed by atoms with E-state index in [1.165, 1.54) is 12.0 Å². The Morgan fingerprint density at radius 3 is 2.62 bits per heavy atom. The van der Waals surface area contributed by atoms with Gasteiger partial charge in [0.2, 0.25) is 0 Å². The Kier molecular flexibility index (Phi) is 3.94.